The van der Waals surface area contributed by atoms with Crippen LogP contribution in [0, 0.1) is 0 Å². The van der Waals surface area contributed by atoms with Crippen LogP contribution in [-0.2, 0) is 14.6 Å². The van der Waals surface area contributed by atoms with Crippen molar-refractivity contribution in [2.24, 2.45) is 4.99 Å². The van der Waals surface area contributed by atoms with E-state index < -0.39 is 14.6 Å². The summed E-state index contributed by atoms with van der Waals surface area (Å²) in [7, 11) is -3.03. The Morgan fingerprint density at radius 3 is 2.58 bits per heavy atom. The third-order valence-corrected chi connectivity index (χ3v) is 7.22. The number of hydrogen-bond donors (Lipinski definition) is 1. The zero-order valence-electron chi connectivity index (χ0n) is 15.1. The molecule has 1 aliphatic carbocycles. The summed E-state index contributed by atoms with van der Waals surface area (Å²) in [5.74, 6) is 0.980. The van der Waals surface area contributed by atoms with Gasteiger partial charge in [-0.3, -0.25) is 4.99 Å². The Hall–Kier alpha value is -0.0900. The van der Waals surface area contributed by atoms with Gasteiger partial charge in [-0.15, -0.1) is 24.0 Å². The van der Waals surface area contributed by atoms with Crippen molar-refractivity contribution < 1.29 is 13.2 Å². The molecule has 2 rings (SSSR count). The highest BCUT2D eigenvalue weighted by Crippen LogP contribution is 2.24. The summed E-state index contributed by atoms with van der Waals surface area (Å²) in [5, 5.41) is 3.27. The van der Waals surface area contributed by atoms with Crippen molar-refractivity contribution in [1.82, 2.24) is 10.2 Å². The fourth-order valence-corrected chi connectivity index (χ4v) is 4.54. The molecule has 0 aromatic carbocycles. The first-order valence-corrected chi connectivity index (χ1v) is 10.4. The van der Waals surface area contributed by atoms with Crippen LogP contribution in [0.3, 0.4) is 0 Å². The molecule has 0 bridgehead atoms. The van der Waals surface area contributed by atoms with Crippen molar-refractivity contribution in [2.45, 2.75) is 57.3 Å². The first-order valence-electron chi connectivity index (χ1n) is 8.73. The van der Waals surface area contributed by atoms with Crippen molar-refractivity contribution in [2.75, 3.05) is 38.5 Å². The van der Waals surface area contributed by atoms with E-state index in [4.69, 9.17) is 4.74 Å². The number of aliphatic imine (C=N–C) groups is 1. The first-order chi connectivity index (χ1) is 10.9. The molecule has 0 amide bonds. The van der Waals surface area contributed by atoms with Crippen LogP contribution in [0.5, 0.6) is 0 Å². The Kier molecular flexibility index (Phi) is 8.75. The van der Waals surface area contributed by atoms with Crippen molar-refractivity contribution in [3.63, 3.8) is 0 Å². The lowest BCUT2D eigenvalue weighted by atomic mass is 10.2. The van der Waals surface area contributed by atoms with Crippen molar-refractivity contribution >= 4 is 39.8 Å². The summed E-state index contributed by atoms with van der Waals surface area (Å²) in [6.45, 7) is 8.61. The Balaban J connectivity index is 0.00000288. The minimum atomic E-state index is -3.03. The topological polar surface area (TPSA) is 71.0 Å². The van der Waals surface area contributed by atoms with Crippen LogP contribution in [0.15, 0.2) is 4.99 Å². The predicted molar refractivity (Wildman–Crippen MR) is 109 cm³/mol. The molecule has 1 heterocycles. The summed E-state index contributed by atoms with van der Waals surface area (Å²) in [5.41, 5.74) is 0. The molecular weight excluding hydrogens is 441 g/mol. The molecule has 1 N–H and O–H groups in total. The second kappa shape index (κ2) is 9.56. The van der Waals surface area contributed by atoms with Gasteiger partial charge in [-0.2, -0.15) is 0 Å². The molecular formula is C16H32IN3O3S. The van der Waals surface area contributed by atoms with Gasteiger partial charge >= 0.3 is 0 Å². The van der Waals surface area contributed by atoms with Crippen LogP contribution in [0.1, 0.15) is 46.5 Å². The Labute approximate surface area is 163 Å². The van der Waals surface area contributed by atoms with E-state index in [0.717, 1.165) is 12.5 Å². The maximum atomic E-state index is 12.1. The summed E-state index contributed by atoms with van der Waals surface area (Å²) in [6, 6.07) is 0. The fourth-order valence-electron chi connectivity index (χ4n) is 3.18. The maximum absolute atomic E-state index is 12.1. The van der Waals surface area contributed by atoms with Crippen LogP contribution < -0.4 is 5.32 Å². The predicted octanol–water partition coefficient (Wildman–Crippen LogP) is 2.04. The number of halogens is 1. The molecule has 2 fully saturated rings. The fraction of sp³-hybridized carbons (Fsp3) is 0.938. The van der Waals surface area contributed by atoms with Crippen molar-refractivity contribution in [3.05, 3.63) is 0 Å². The molecule has 142 valence electrons. The number of ether oxygens (including phenoxy) is 1. The van der Waals surface area contributed by atoms with E-state index in [9.17, 15) is 8.42 Å². The van der Waals surface area contributed by atoms with E-state index in [0.29, 0.717) is 32.3 Å². The Morgan fingerprint density at radius 2 is 2.00 bits per heavy atom. The van der Waals surface area contributed by atoms with Crippen LogP contribution in [0.25, 0.3) is 0 Å². The number of rotatable bonds is 5. The van der Waals surface area contributed by atoms with Gasteiger partial charge in [0.15, 0.2) is 15.8 Å². The molecule has 0 unspecified atom stereocenters. The summed E-state index contributed by atoms with van der Waals surface area (Å²) >= 11 is 0. The van der Waals surface area contributed by atoms with Crippen LogP contribution in [0.2, 0.25) is 0 Å². The second-order valence-electron chi connectivity index (χ2n) is 7.01. The first kappa shape index (κ1) is 22.0. The van der Waals surface area contributed by atoms with Gasteiger partial charge in [0, 0.05) is 19.6 Å². The maximum Gasteiger partial charge on any atom is 0.194 e. The lowest BCUT2D eigenvalue weighted by molar-refractivity contribution is 0.0642. The number of hydrogen-bond acceptors (Lipinski definition) is 4. The zero-order valence-corrected chi connectivity index (χ0v) is 18.2. The monoisotopic (exact) mass is 473 g/mol. The van der Waals surface area contributed by atoms with E-state index in [1.165, 1.54) is 25.7 Å². The minimum absolute atomic E-state index is 0. The lowest BCUT2D eigenvalue weighted by Crippen LogP contribution is -2.57. The lowest BCUT2D eigenvalue weighted by Gasteiger charge is -2.39. The highest BCUT2D eigenvalue weighted by atomic mass is 127. The number of sulfone groups is 1. The highest BCUT2D eigenvalue weighted by Gasteiger charge is 2.40. The van der Waals surface area contributed by atoms with E-state index in [2.05, 4.69) is 15.2 Å². The molecule has 0 aromatic heterocycles. The molecule has 0 radical (unpaired) electrons. The quantitative estimate of drug-likeness (QED) is 0.287. The molecule has 0 atom stereocenters. The van der Waals surface area contributed by atoms with Crippen LogP contribution >= 0.6 is 24.0 Å². The summed E-state index contributed by atoms with van der Waals surface area (Å²) < 4.78 is 29.4. The minimum Gasteiger partial charge on any atom is -0.376 e. The normalized spacial score (nSPS) is 23.8. The van der Waals surface area contributed by atoms with Gasteiger partial charge in [0.2, 0.25) is 0 Å². The van der Waals surface area contributed by atoms with E-state index in [-0.39, 0.29) is 29.7 Å². The largest absolute Gasteiger partial charge is 0.376 e. The molecule has 2 aliphatic rings. The van der Waals surface area contributed by atoms with Gasteiger partial charge in [0.1, 0.15) is 0 Å². The average molecular weight is 473 g/mol. The SMILES string of the molecule is CCNC(=NCCOC1CCCC1)N1CCS(=O)(=O)C(C)(C)C1.I. The molecule has 0 aromatic rings. The third-order valence-electron chi connectivity index (χ3n) is 4.69. The molecule has 8 heteroatoms. The van der Waals surface area contributed by atoms with Gasteiger partial charge in [0.25, 0.3) is 0 Å². The third kappa shape index (κ3) is 5.72. The van der Waals surface area contributed by atoms with Crippen LogP contribution in [-0.4, -0.2) is 68.7 Å². The number of nitrogens with zero attached hydrogens (tertiary/aromatic N) is 2. The second-order valence-corrected chi connectivity index (χ2v) is 9.76. The Bertz CT molecular complexity index is 517. The molecule has 1 saturated heterocycles. The van der Waals surface area contributed by atoms with Gasteiger partial charge < -0.3 is 15.0 Å². The number of nitrogens with one attached hydrogen (secondary N) is 1. The Morgan fingerprint density at radius 1 is 1.33 bits per heavy atom. The summed E-state index contributed by atoms with van der Waals surface area (Å²) in [4.78, 5) is 6.68. The molecule has 24 heavy (non-hydrogen) atoms. The zero-order chi connectivity index (χ0) is 16.9. The van der Waals surface area contributed by atoms with E-state index >= 15 is 0 Å². The number of guanidine groups is 1. The smallest absolute Gasteiger partial charge is 0.194 e. The van der Waals surface area contributed by atoms with Crippen molar-refractivity contribution in [3.8, 4) is 0 Å². The van der Waals surface area contributed by atoms with E-state index in [1.807, 2.05) is 6.92 Å². The molecule has 1 saturated carbocycles. The standard InChI is InChI=1S/C16H31N3O3S.HI/c1-4-17-15(18-9-11-22-14-7-5-6-8-14)19-10-12-23(20,21)16(2,3)13-19;/h14H,4-13H2,1-3H3,(H,17,18);1H. The average Bonchev–Trinajstić information content (AvgIpc) is 2.98. The molecule has 0 spiro atoms. The van der Waals surface area contributed by atoms with Crippen molar-refractivity contribution in [1.29, 1.82) is 0 Å². The van der Waals surface area contributed by atoms with Gasteiger partial charge in [0.05, 0.1) is 29.8 Å². The highest BCUT2D eigenvalue weighted by molar-refractivity contribution is 14.0. The van der Waals surface area contributed by atoms with E-state index in [1.54, 1.807) is 13.8 Å². The molecule has 6 nitrogen and oxygen atoms in total. The van der Waals surface area contributed by atoms with Gasteiger partial charge in [-0.25, -0.2) is 8.42 Å². The van der Waals surface area contributed by atoms with Gasteiger partial charge in [-0.05, 0) is 33.6 Å². The van der Waals surface area contributed by atoms with Gasteiger partial charge in [-0.1, -0.05) is 12.8 Å². The van der Waals surface area contributed by atoms with Crippen LogP contribution in [0.4, 0.5) is 0 Å². The molecule has 1 aliphatic heterocycles. The summed E-state index contributed by atoms with van der Waals surface area (Å²) in [6.07, 6.45) is 5.29.